The van der Waals surface area contributed by atoms with Crippen LogP contribution in [0, 0.1) is 6.92 Å². The Morgan fingerprint density at radius 1 is 1.03 bits per heavy atom. The normalized spacial score (nSPS) is 14.1. The molecule has 4 aromatic rings. The third kappa shape index (κ3) is 4.32. The van der Waals surface area contributed by atoms with E-state index in [-0.39, 0.29) is 17.9 Å². The van der Waals surface area contributed by atoms with Gasteiger partial charge in [-0.2, -0.15) is 5.10 Å². The first-order valence-electron chi connectivity index (χ1n) is 10.9. The maximum absolute atomic E-state index is 12.8. The van der Waals surface area contributed by atoms with Gasteiger partial charge in [-0.15, -0.1) is 0 Å². The Balaban J connectivity index is 1.21. The molecule has 0 radical (unpaired) electrons. The molecule has 1 aromatic carbocycles. The smallest absolute Gasteiger partial charge is 0.261 e. The van der Waals surface area contributed by atoms with E-state index in [1.807, 2.05) is 48.4 Å². The number of fused-ring (bicyclic) bond motifs is 1. The van der Waals surface area contributed by atoms with Crippen molar-refractivity contribution in [3.8, 4) is 5.82 Å². The van der Waals surface area contributed by atoms with Crippen LogP contribution in [-0.2, 0) is 11.3 Å². The molecule has 0 saturated carbocycles. The number of anilines is 1. The molecule has 0 atom stereocenters. The van der Waals surface area contributed by atoms with Crippen LogP contribution in [0.5, 0.6) is 0 Å². The third-order valence-corrected chi connectivity index (χ3v) is 5.80. The van der Waals surface area contributed by atoms with Crippen molar-refractivity contribution >= 4 is 22.6 Å². The molecule has 0 spiro atoms. The second-order valence-electron chi connectivity index (χ2n) is 7.96. The lowest BCUT2D eigenvalue weighted by molar-refractivity contribution is -0.131. The highest BCUT2D eigenvalue weighted by molar-refractivity contribution is 5.78. The van der Waals surface area contributed by atoms with Gasteiger partial charge in [-0.3, -0.25) is 14.2 Å². The first-order chi connectivity index (χ1) is 16.1. The average molecular weight is 444 g/mol. The minimum absolute atomic E-state index is 0.0332. The van der Waals surface area contributed by atoms with E-state index in [0.29, 0.717) is 49.5 Å². The number of aromatic nitrogens is 6. The van der Waals surface area contributed by atoms with Crippen LogP contribution in [0.1, 0.15) is 12.2 Å². The van der Waals surface area contributed by atoms with Crippen molar-refractivity contribution in [2.75, 3.05) is 31.1 Å². The second kappa shape index (κ2) is 8.81. The molecule has 0 aliphatic carbocycles. The molecule has 10 nitrogen and oxygen atoms in total. The number of para-hydroxylation sites is 1. The zero-order valence-electron chi connectivity index (χ0n) is 18.3. The van der Waals surface area contributed by atoms with E-state index in [1.165, 1.54) is 10.9 Å². The van der Waals surface area contributed by atoms with E-state index in [4.69, 9.17) is 0 Å². The molecular weight excluding hydrogens is 420 g/mol. The van der Waals surface area contributed by atoms with Gasteiger partial charge in [0.1, 0.15) is 11.6 Å². The van der Waals surface area contributed by atoms with Crippen molar-refractivity contribution in [1.82, 2.24) is 34.2 Å². The van der Waals surface area contributed by atoms with Crippen LogP contribution in [0.2, 0.25) is 0 Å². The monoisotopic (exact) mass is 444 g/mol. The fourth-order valence-corrected chi connectivity index (χ4v) is 4.04. The number of carbonyl (C=O) groups is 1. The quantitative estimate of drug-likeness (QED) is 0.459. The Morgan fingerprint density at radius 3 is 2.61 bits per heavy atom. The number of benzene rings is 1. The Kier molecular flexibility index (Phi) is 5.55. The highest BCUT2D eigenvalue weighted by Crippen LogP contribution is 2.17. The molecule has 0 bridgehead atoms. The summed E-state index contributed by atoms with van der Waals surface area (Å²) in [6, 6.07) is 11.0. The molecule has 4 heterocycles. The summed E-state index contributed by atoms with van der Waals surface area (Å²) >= 11 is 0. The molecule has 3 aromatic heterocycles. The molecule has 168 valence electrons. The fraction of sp³-hybridized carbons (Fsp3) is 0.304. The number of piperazine rings is 1. The van der Waals surface area contributed by atoms with E-state index >= 15 is 0 Å². The Labute approximate surface area is 190 Å². The largest absolute Gasteiger partial charge is 0.353 e. The van der Waals surface area contributed by atoms with Crippen molar-refractivity contribution in [2.45, 2.75) is 19.9 Å². The zero-order valence-corrected chi connectivity index (χ0v) is 18.3. The average Bonchev–Trinajstić information content (AvgIpc) is 3.39. The van der Waals surface area contributed by atoms with Gasteiger partial charge in [0.05, 0.1) is 17.2 Å². The second-order valence-corrected chi connectivity index (χ2v) is 7.96. The third-order valence-electron chi connectivity index (χ3n) is 5.80. The minimum Gasteiger partial charge on any atom is -0.353 e. The maximum Gasteiger partial charge on any atom is 0.261 e. The van der Waals surface area contributed by atoms with Crippen LogP contribution in [-0.4, -0.2) is 66.3 Å². The van der Waals surface area contributed by atoms with E-state index < -0.39 is 0 Å². The number of hydrogen-bond acceptors (Lipinski definition) is 7. The molecule has 1 aliphatic rings. The zero-order chi connectivity index (χ0) is 22.8. The van der Waals surface area contributed by atoms with Gasteiger partial charge < -0.3 is 9.80 Å². The standard InChI is InChI=1S/C23H24N8O2/c1-17-26-20(15-21(27-17)31-9-4-8-25-31)28-11-13-29(14-12-28)22(32)7-10-30-16-24-19-6-3-2-5-18(19)23(30)33/h2-6,8-9,15-16H,7,10-14H2,1H3. The minimum atomic E-state index is -0.120. The van der Waals surface area contributed by atoms with Crippen LogP contribution in [0.3, 0.4) is 0 Å². The number of amides is 1. The molecule has 1 aliphatic heterocycles. The Hall–Kier alpha value is -4.08. The van der Waals surface area contributed by atoms with Gasteiger partial charge in [-0.05, 0) is 25.1 Å². The van der Waals surface area contributed by atoms with Gasteiger partial charge in [0.15, 0.2) is 5.82 Å². The van der Waals surface area contributed by atoms with Crippen molar-refractivity contribution < 1.29 is 4.79 Å². The summed E-state index contributed by atoms with van der Waals surface area (Å²) in [7, 11) is 0. The molecule has 10 heteroatoms. The fourth-order valence-electron chi connectivity index (χ4n) is 4.04. The van der Waals surface area contributed by atoms with Gasteiger partial charge in [-0.25, -0.2) is 19.6 Å². The molecule has 0 N–H and O–H groups in total. The summed E-state index contributed by atoms with van der Waals surface area (Å²) in [6.07, 6.45) is 5.34. The summed E-state index contributed by atoms with van der Waals surface area (Å²) in [5, 5.41) is 4.81. The molecule has 33 heavy (non-hydrogen) atoms. The first kappa shape index (κ1) is 20.8. The highest BCUT2D eigenvalue weighted by atomic mass is 16.2. The topological polar surface area (TPSA) is 102 Å². The van der Waals surface area contributed by atoms with Crippen LogP contribution < -0.4 is 10.5 Å². The number of nitrogens with zero attached hydrogens (tertiary/aromatic N) is 8. The van der Waals surface area contributed by atoms with Crippen molar-refractivity contribution in [3.63, 3.8) is 0 Å². The maximum atomic E-state index is 12.8. The van der Waals surface area contributed by atoms with Crippen LogP contribution >= 0.6 is 0 Å². The number of aryl methyl sites for hydroxylation is 2. The Bertz CT molecular complexity index is 1340. The SMILES string of the molecule is Cc1nc(N2CCN(C(=O)CCn3cnc4ccccc4c3=O)CC2)cc(-n2cccn2)n1. The lowest BCUT2D eigenvalue weighted by Gasteiger charge is -2.35. The van der Waals surface area contributed by atoms with Crippen LogP contribution in [0.15, 0.2) is 59.9 Å². The number of hydrogen-bond donors (Lipinski definition) is 0. The van der Waals surface area contributed by atoms with Crippen molar-refractivity contribution in [3.05, 3.63) is 71.3 Å². The lowest BCUT2D eigenvalue weighted by Crippen LogP contribution is -2.49. The summed E-state index contributed by atoms with van der Waals surface area (Å²) in [4.78, 5) is 42.8. The van der Waals surface area contributed by atoms with Crippen LogP contribution in [0.25, 0.3) is 16.7 Å². The summed E-state index contributed by atoms with van der Waals surface area (Å²) in [5.74, 6) is 2.25. The predicted molar refractivity (Wildman–Crippen MR) is 123 cm³/mol. The predicted octanol–water partition coefficient (Wildman–Crippen LogP) is 1.42. The Morgan fingerprint density at radius 2 is 1.82 bits per heavy atom. The summed E-state index contributed by atoms with van der Waals surface area (Å²) in [6.45, 7) is 4.73. The summed E-state index contributed by atoms with van der Waals surface area (Å²) < 4.78 is 3.22. The van der Waals surface area contributed by atoms with E-state index in [0.717, 1.165) is 11.6 Å². The van der Waals surface area contributed by atoms with Gasteiger partial charge in [0.25, 0.3) is 5.56 Å². The van der Waals surface area contributed by atoms with Gasteiger partial charge in [0.2, 0.25) is 5.91 Å². The molecule has 1 saturated heterocycles. The highest BCUT2D eigenvalue weighted by Gasteiger charge is 2.22. The summed E-state index contributed by atoms with van der Waals surface area (Å²) in [5.41, 5.74) is 0.544. The van der Waals surface area contributed by atoms with Gasteiger partial charge >= 0.3 is 0 Å². The van der Waals surface area contributed by atoms with Gasteiger partial charge in [0, 0.05) is 57.6 Å². The molecule has 0 unspecified atom stereocenters. The van der Waals surface area contributed by atoms with E-state index in [2.05, 4.69) is 25.0 Å². The number of carbonyl (C=O) groups excluding carboxylic acids is 1. The molecule has 1 fully saturated rings. The van der Waals surface area contributed by atoms with Gasteiger partial charge in [-0.1, -0.05) is 12.1 Å². The molecular formula is C23H24N8O2. The lowest BCUT2D eigenvalue weighted by atomic mass is 10.2. The van der Waals surface area contributed by atoms with Crippen LogP contribution in [0.4, 0.5) is 5.82 Å². The van der Waals surface area contributed by atoms with E-state index in [9.17, 15) is 9.59 Å². The van der Waals surface area contributed by atoms with Crippen molar-refractivity contribution in [1.29, 1.82) is 0 Å². The molecule has 1 amide bonds. The number of rotatable bonds is 5. The first-order valence-corrected chi connectivity index (χ1v) is 10.9. The molecule has 5 rings (SSSR count). The van der Waals surface area contributed by atoms with E-state index in [1.54, 1.807) is 16.9 Å². The van der Waals surface area contributed by atoms with Crippen molar-refractivity contribution in [2.24, 2.45) is 0 Å².